The van der Waals surface area contributed by atoms with E-state index in [9.17, 15) is 0 Å². The zero-order valence-electron chi connectivity index (χ0n) is 10.8. The van der Waals surface area contributed by atoms with Gasteiger partial charge in [0, 0.05) is 26.3 Å². The number of nitrogens with zero attached hydrogens (tertiary/aromatic N) is 1. The smallest absolute Gasteiger partial charge is 0.0471 e. The molecule has 0 amide bonds. The Morgan fingerprint density at radius 2 is 2.12 bits per heavy atom. The van der Waals surface area contributed by atoms with E-state index in [4.69, 9.17) is 4.74 Å². The molecule has 2 heterocycles. The maximum atomic E-state index is 5.46. The molecular weight excluding hydrogens is 200 g/mol. The molecule has 1 atom stereocenters. The van der Waals surface area contributed by atoms with Gasteiger partial charge in [0.05, 0.1) is 0 Å². The van der Waals surface area contributed by atoms with Crippen LogP contribution in [0.1, 0.15) is 26.2 Å². The Hall–Kier alpha value is -0.120. The minimum absolute atomic E-state index is 0.507. The van der Waals surface area contributed by atoms with Gasteiger partial charge >= 0.3 is 0 Å². The van der Waals surface area contributed by atoms with E-state index in [0.29, 0.717) is 5.41 Å². The highest BCUT2D eigenvalue weighted by molar-refractivity contribution is 4.85. The van der Waals surface area contributed by atoms with Crippen molar-refractivity contribution < 1.29 is 4.74 Å². The molecule has 3 nitrogen and oxygen atoms in total. The van der Waals surface area contributed by atoms with Gasteiger partial charge in [-0.1, -0.05) is 6.92 Å². The zero-order chi connectivity index (χ0) is 11.4. The first-order chi connectivity index (χ1) is 7.72. The van der Waals surface area contributed by atoms with Crippen LogP contribution in [0.4, 0.5) is 0 Å². The summed E-state index contributed by atoms with van der Waals surface area (Å²) in [5.41, 5.74) is 0.507. The van der Waals surface area contributed by atoms with Crippen LogP contribution in [0.5, 0.6) is 0 Å². The van der Waals surface area contributed by atoms with Gasteiger partial charge in [-0.3, -0.25) is 0 Å². The van der Waals surface area contributed by atoms with Crippen molar-refractivity contribution in [2.75, 3.05) is 46.4 Å². The van der Waals surface area contributed by atoms with Crippen molar-refractivity contribution in [3.8, 4) is 0 Å². The minimum atomic E-state index is 0.507. The van der Waals surface area contributed by atoms with Crippen molar-refractivity contribution in [1.29, 1.82) is 0 Å². The summed E-state index contributed by atoms with van der Waals surface area (Å²) in [6, 6.07) is 0. The van der Waals surface area contributed by atoms with Crippen LogP contribution in [0.3, 0.4) is 0 Å². The lowest BCUT2D eigenvalue weighted by atomic mass is 9.82. The Kier molecular flexibility index (Phi) is 4.22. The third-order valence-corrected chi connectivity index (χ3v) is 4.17. The topological polar surface area (TPSA) is 24.5 Å². The van der Waals surface area contributed by atoms with Crippen LogP contribution in [0.25, 0.3) is 0 Å². The van der Waals surface area contributed by atoms with Gasteiger partial charge in [-0.15, -0.1) is 0 Å². The van der Waals surface area contributed by atoms with Gasteiger partial charge in [-0.05, 0) is 50.7 Å². The molecule has 0 saturated carbocycles. The fourth-order valence-electron chi connectivity index (χ4n) is 3.07. The molecule has 16 heavy (non-hydrogen) atoms. The van der Waals surface area contributed by atoms with Crippen molar-refractivity contribution in [3.63, 3.8) is 0 Å². The molecule has 0 aromatic carbocycles. The summed E-state index contributed by atoms with van der Waals surface area (Å²) in [6.07, 6.45) is 3.84. The molecular formula is C13H26N2O. The van der Waals surface area contributed by atoms with E-state index in [-0.39, 0.29) is 0 Å². The van der Waals surface area contributed by atoms with E-state index in [0.717, 1.165) is 19.1 Å². The molecule has 0 radical (unpaired) electrons. The third kappa shape index (κ3) is 3.19. The number of rotatable bonds is 4. The largest absolute Gasteiger partial charge is 0.381 e. The number of hydrogen-bond acceptors (Lipinski definition) is 3. The summed E-state index contributed by atoms with van der Waals surface area (Å²) >= 11 is 0. The van der Waals surface area contributed by atoms with Crippen molar-refractivity contribution in [1.82, 2.24) is 10.2 Å². The standard InChI is InChI=1S/C13H26N2O/c1-13(4-7-16-8-5-13)11-15-6-3-12(10-15)9-14-2/h12,14H,3-11H2,1-2H3. The molecule has 0 spiro atoms. The molecule has 2 saturated heterocycles. The van der Waals surface area contributed by atoms with Crippen LogP contribution in [0.2, 0.25) is 0 Å². The average molecular weight is 226 g/mol. The Morgan fingerprint density at radius 3 is 2.81 bits per heavy atom. The Labute approximate surface area is 99.5 Å². The number of hydrogen-bond donors (Lipinski definition) is 1. The van der Waals surface area contributed by atoms with Crippen molar-refractivity contribution in [3.05, 3.63) is 0 Å². The predicted octanol–water partition coefficient (Wildman–Crippen LogP) is 1.34. The molecule has 0 aliphatic carbocycles. The van der Waals surface area contributed by atoms with Crippen LogP contribution in [0, 0.1) is 11.3 Å². The Morgan fingerprint density at radius 1 is 1.38 bits per heavy atom. The van der Waals surface area contributed by atoms with Crippen molar-refractivity contribution in [2.24, 2.45) is 11.3 Å². The Bertz CT molecular complexity index is 214. The second-order valence-electron chi connectivity index (χ2n) is 5.87. The molecule has 1 unspecified atom stereocenters. The van der Waals surface area contributed by atoms with E-state index in [2.05, 4.69) is 24.2 Å². The van der Waals surface area contributed by atoms with Gasteiger partial charge in [0.15, 0.2) is 0 Å². The zero-order valence-corrected chi connectivity index (χ0v) is 10.8. The highest BCUT2D eigenvalue weighted by atomic mass is 16.5. The van der Waals surface area contributed by atoms with Crippen LogP contribution in [0.15, 0.2) is 0 Å². The lowest BCUT2D eigenvalue weighted by molar-refractivity contribution is 0.00806. The maximum absolute atomic E-state index is 5.46. The highest BCUT2D eigenvalue weighted by Crippen LogP contribution is 2.32. The molecule has 2 rings (SSSR count). The first kappa shape index (κ1) is 12.3. The molecule has 0 aromatic rings. The van der Waals surface area contributed by atoms with Crippen molar-refractivity contribution in [2.45, 2.75) is 26.2 Å². The lowest BCUT2D eigenvalue weighted by Gasteiger charge is -2.37. The first-order valence-electron chi connectivity index (χ1n) is 6.66. The summed E-state index contributed by atoms with van der Waals surface area (Å²) in [5, 5.41) is 3.30. The second-order valence-corrected chi connectivity index (χ2v) is 5.87. The fourth-order valence-corrected chi connectivity index (χ4v) is 3.07. The molecule has 0 bridgehead atoms. The summed E-state index contributed by atoms with van der Waals surface area (Å²) < 4.78 is 5.46. The van der Waals surface area contributed by atoms with E-state index >= 15 is 0 Å². The van der Waals surface area contributed by atoms with Crippen LogP contribution in [-0.4, -0.2) is 51.3 Å². The van der Waals surface area contributed by atoms with Gasteiger partial charge in [0.2, 0.25) is 0 Å². The summed E-state index contributed by atoms with van der Waals surface area (Å²) in [4.78, 5) is 2.66. The predicted molar refractivity (Wildman–Crippen MR) is 66.6 cm³/mol. The van der Waals surface area contributed by atoms with Gasteiger partial charge in [0.1, 0.15) is 0 Å². The molecule has 2 aliphatic heterocycles. The maximum Gasteiger partial charge on any atom is 0.0471 e. The monoisotopic (exact) mass is 226 g/mol. The summed E-state index contributed by atoms with van der Waals surface area (Å²) in [5.74, 6) is 0.869. The van der Waals surface area contributed by atoms with Gasteiger partial charge in [-0.2, -0.15) is 0 Å². The van der Waals surface area contributed by atoms with Gasteiger partial charge in [-0.25, -0.2) is 0 Å². The molecule has 0 aromatic heterocycles. The first-order valence-corrected chi connectivity index (χ1v) is 6.66. The van der Waals surface area contributed by atoms with Gasteiger partial charge in [0.25, 0.3) is 0 Å². The molecule has 1 N–H and O–H groups in total. The summed E-state index contributed by atoms with van der Waals surface area (Å²) in [7, 11) is 2.06. The third-order valence-electron chi connectivity index (χ3n) is 4.17. The fraction of sp³-hybridized carbons (Fsp3) is 1.00. The highest BCUT2D eigenvalue weighted by Gasteiger charge is 2.32. The molecule has 2 fully saturated rings. The van der Waals surface area contributed by atoms with E-state index < -0.39 is 0 Å². The van der Waals surface area contributed by atoms with Crippen LogP contribution < -0.4 is 5.32 Å². The number of ether oxygens (including phenoxy) is 1. The van der Waals surface area contributed by atoms with Crippen LogP contribution in [-0.2, 0) is 4.74 Å². The molecule has 2 aliphatic rings. The van der Waals surface area contributed by atoms with Gasteiger partial charge < -0.3 is 15.0 Å². The summed E-state index contributed by atoms with van der Waals surface area (Å²) in [6.45, 7) is 9.39. The molecule has 3 heteroatoms. The Balaban J connectivity index is 1.77. The second kappa shape index (κ2) is 5.48. The lowest BCUT2D eigenvalue weighted by Crippen LogP contribution is -2.39. The van der Waals surface area contributed by atoms with Crippen LogP contribution >= 0.6 is 0 Å². The number of nitrogens with one attached hydrogen (secondary N) is 1. The molecule has 94 valence electrons. The van der Waals surface area contributed by atoms with Crippen molar-refractivity contribution >= 4 is 0 Å². The van der Waals surface area contributed by atoms with E-state index in [1.54, 1.807) is 0 Å². The normalized spacial score (nSPS) is 30.8. The minimum Gasteiger partial charge on any atom is -0.381 e. The quantitative estimate of drug-likeness (QED) is 0.783. The van der Waals surface area contributed by atoms with E-state index in [1.165, 1.54) is 45.4 Å². The average Bonchev–Trinajstić information content (AvgIpc) is 2.66. The SMILES string of the molecule is CNCC1CCN(CC2(C)CCOCC2)C1. The number of likely N-dealkylation sites (tertiary alicyclic amines) is 1. The van der Waals surface area contributed by atoms with E-state index in [1.807, 2.05) is 0 Å².